The first-order valence-corrected chi connectivity index (χ1v) is 7.48. The summed E-state index contributed by atoms with van der Waals surface area (Å²) in [5.74, 6) is 1.05. The number of aliphatic hydroxyl groups is 1. The van der Waals surface area contributed by atoms with Crippen LogP contribution in [0, 0.1) is 0 Å². The molecule has 2 aromatic rings. The van der Waals surface area contributed by atoms with Crippen molar-refractivity contribution < 1.29 is 19.4 Å². The number of carbonyl (C=O) groups excluding carboxylic acids is 1. The van der Waals surface area contributed by atoms with Crippen molar-refractivity contribution in [3.63, 3.8) is 0 Å². The van der Waals surface area contributed by atoms with Crippen LogP contribution in [0.5, 0.6) is 11.5 Å². The zero-order valence-electron chi connectivity index (χ0n) is 13.1. The van der Waals surface area contributed by atoms with Gasteiger partial charge in [0.25, 0.3) is 5.91 Å². The van der Waals surface area contributed by atoms with Crippen molar-refractivity contribution >= 4 is 5.91 Å². The molecular formula is C18H21NO4. The predicted octanol–water partition coefficient (Wildman–Crippen LogP) is 2.14. The molecule has 5 heteroatoms. The molecule has 5 nitrogen and oxygen atoms in total. The van der Waals surface area contributed by atoms with Crippen molar-refractivity contribution in [1.29, 1.82) is 0 Å². The number of rotatable bonds is 8. The van der Waals surface area contributed by atoms with Crippen LogP contribution in [0.2, 0.25) is 0 Å². The van der Waals surface area contributed by atoms with E-state index in [4.69, 9.17) is 14.6 Å². The minimum atomic E-state index is -0.569. The van der Waals surface area contributed by atoms with Gasteiger partial charge in [-0.25, -0.2) is 0 Å². The monoisotopic (exact) mass is 315 g/mol. The number of ether oxygens (including phenoxy) is 2. The molecule has 122 valence electrons. The molecule has 0 aromatic heterocycles. The summed E-state index contributed by atoms with van der Waals surface area (Å²) in [4.78, 5) is 11.5. The standard InChI is InChI=1S/C18H21NO4/c1-14(20)11-19-18(21)13-23-17-9-7-16(8-10-17)22-12-15-5-3-2-4-6-15/h2-10,14,20H,11-13H2,1H3,(H,19,21). The molecule has 0 aliphatic heterocycles. The summed E-state index contributed by atoms with van der Waals surface area (Å²) in [5.41, 5.74) is 1.10. The van der Waals surface area contributed by atoms with Crippen molar-refractivity contribution in [3.05, 3.63) is 60.2 Å². The Morgan fingerprint density at radius 3 is 2.26 bits per heavy atom. The van der Waals surface area contributed by atoms with Gasteiger partial charge in [0.05, 0.1) is 6.10 Å². The van der Waals surface area contributed by atoms with Crippen molar-refractivity contribution in [2.75, 3.05) is 13.2 Å². The van der Waals surface area contributed by atoms with Crippen LogP contribution in [0.15, 0.2) is 54.6 Å². The second-order valence-corrected chi connectivity index (χ2v) is 5.19. The van der Waals surface area contributed by atoms with E-state index in [1.165, 1.54) is 0 Å². The van der Waals surface area contributed by atoms with Crippen LogP contribution in [0.3, 0.4) is 0 Å². The molecule has 23 heavy (non-hydrogen) atoms. The molecule has 0 aliphatic rings. The van der Waals surface area contributed by atoms with Crippen LogP contribution < -0.4 is 14.8 Å². The van der Waals surface area contributed by atoms with Crippen LogP contribution in [-0.2, 0) is 11.4 Å². The largest absolute Gasteiger partial charge is 0.489 e. The summed E-state index contributed by atoms with van der Waals surface area (Å²) in [6, 6.07) is 17.0. The fourth-order valence-corrected chi connectivity index (χ4v) is 1.83. The van der Waals surface area contributed by atoms with E-state index in [0.29, 0.717) is 12.4 Å². The first kappa shape index (κ1) is 16.8. The molecule has 0 bridgehead atoms. The first-order valence-electron chi connectivity index (χ1n) is 7.48. The fraction of sp³-hybridized carbons (Fsp3) is 0.278. The highest BCUT2D eigenvalue weighted by Crippen LogP contribution is 2.18. The number of amides is 1. The van der Waals surface area contributed by atoms with Crippen LogP contribution in [-0.4, -0.2) is 30.3 Å². The summed E-state index contributed by atoms with van der Waals surface area (Å²) in [6.45, 7) is 2.24. The molecule has 1 atom stereocenters. The zero-order chi connectivity index (χ0) is 16.5. The van der Waals surface area contributed by atoms with E-state index < -0.39 is 6.10 Å². The summed E-state index contributed by atoms with van der Waals surface area (Å²) in [5, 5.41) is 11.6. The first-order chi connectivity index (χ1) is 11.1. The number of benzene rings is 2. The zero-order valence-corrected chi connectivity index (χ0v) is 13.1. The van der Waals surface area contributed by atoms with E-state index in [1.807, 2.05) is 30.3 Å². The number of carbonyl (C=O) groups is 1. The Morgan fingerprint density at radius 2 is 1.65 bits per heavy atom. The molecule has 0 fully saturated rings. The average Bonchev–Trinajstić information content (AvgIpc) is 2.58. The molecular weight excluding hydrogens is 294 g/mol. The van der Waals surface area contributed by atoms with Gasteiger partial charge in [0.15, 0.2) is 6.61 Å². The van der Waals surface area contributed by atoms with Gasteiger partial charge in [-0.1, -0.05) is 30.3 Å². The Balaban J connectivity index is 1.75. The van der Waals surface area contributed by atoms with Gasteiger partial charge in [0.2, 0.25) is 0 Å². The van der Waals surface area contributed by atoms with Crippen LogP contribution in [0.4, 0.5) is 0 Å². The average molecular weight is 315 g/mol. The predicted molar refractivity (Wildman–Crippen MR) is 87.4 cm³/mol. The Hall–Kier alpha value is -2.53. The van der Waals surface area contributed by atoms with E-state index in [-0.39, 0.29) is 19.1 Å². The lowest BCUT2D eigenvalue weighted by Crippen LogP contribution is -2.34. The minimum Gasteiger partial charge on any atom is -0.489 e. The Morgan fingerprint density at radius 1 is 1.04 bits per heavy atom. The van der Waals surface area contributed by atoms with Gasteiger partial charge >= 0.3 is 0 Å². The van der Waals surface area contributed by atoms with Crippen molar-refractivity contribution in [3.8, 4) is 11.5 Å². The van der Waals surface area contributed by atoms with E-state index >= 15 is 0 Å². The summed E-state index contributed by atoms with van der Waals surface area (Å²) in [6.07, 6.45) is -0.569. The van der Waals surface area contributed by atoms with E-state index in [0.717, 1.165) is 11.3 Å². The van der Waals surface area contributed by atoms with Gasteiger partial charge in [-0.15, -0.1) is 0 Å². The third kappa shape index (κ3) is 6.40. The van der Waals surface area contributed by atoms with Crippen LogP contribution >= 0.6 is 0 Å². The Kier molecular flexibility index (Phi) is 6.44. The quantitative estimate of drug-likeness (QED) is 0.783. The summed E-state index contributed by atoms with van der Waals surface area (Å²) < 4.78 is 11.0. The number of nitrogens with one attached hydrogen (secondary N) is 1. The molecule has 1 amide bonds. The molecule has 0 spiro atoms. The Bertz CT molecular complexity index is 596. The van der Waals surface area contributed by atoms with E-state index in [2.05, 4.69) is 5.32 Å². The SMILES string of the molecule is CC(O)CNC(=O)COc1ccc(OCc2ccccc2)cc1. The second kappa shape index (κ2) is 8.80. The molecule has 2 aromatic carbocycles. The molecule has 1 unspecified atom stereocenters. The van der Waals surface area contributed by atoms with Gasteiger partial charge in [-0.3, -0.25) is 4.79 Å². The van der Waals surface area contributed by atoms with Crippen molar-refractivity contribution in [2.24, 2.45) is 0 Å². The fourth-order valence-electron chi connectivity index (χ4n) is 1.83. The van der Waals surface area contributed by atoms with E-state index in [9.17, 15) is 4.79 Å². The van der Waals surface area contributed by atoms with Crippen molar-refractivity contribution in [2.45, 2.75) is 19.6 Å². The van der Waals surface area contributed by atoms with Gasteiger partial charge in [0.1, 0.15) is 18.1 Å². The van der Waals surface area contributed by atoms with Gasteiger partial charge in [0, 0.05) is 6.54 Å². The van der Waals surface area contributed by atoms with E-state index in [1.54, 1.807) is 31.2 Å². The third-order valence-electron chi connectivity index (χ3n) is 3.04. The van der Waals surface area contributed by atoms with Crippen LogP contribution in [0.25, 0.3) is 0 Å². The van der Waals surface area contributed by atoms with Gasteiger partial charge in [-0.2, -0.15) is 0 Å². The number of hydrogen-bond donors (Lipinski definition) is 2. The highest BCUT2D eigenvalue weighted by Gasteiger charge is 2.04. The maximum Gasteiger partial charge on any atom is 0.258 e. The van der Waals surface area contributed by atoms with Crippen LogP contribution in [0.1, 0.15) is 12.5 Å². The highest BCUT2D eigenvalue weighted by atomic mass is 16.5. The topological polar surface area (TPSA) is 67.8 Å². The molecule has 0 saturated carbocycles. The maximum atomic E-state index is 11.5. The number of hydrogen-bond acceptors (Lipinski definition) is 4. The molecule has 0 heterocycles. The molecule has 0 saturated heterocycles. The van der Waals surface area contributed by atoms with Crippen molar-refractivity contribution in [1.82, 2.24) is 5.32 Å². The maximum absolute atomic E-state index is 11.5. The summed E-state index contributed by atoms with van der Waals surface area (Å²) in [7, 11) is 0. The lowest BCUT2D eigenvalue weighted by molar-refractivity contribution is -0.123. The van der Waals surface area contributed by atoms with Gasteiger partial charge < -0.3 is 19.9 Å². The number of aliphatic hydroxyl groups excluding tert-OH is 1. The van der Waals surface area contributed by atoms with Gasteiger partial charge in [-0.05, 0) is 36.8 Å². The molecule has 0 aliphatic carbocycles. The summed E-state index contributed by atoms with van der Waals surface area (Å²) >= 11 is 0. The second-order valence-electron chi connectivity index (χ2n) is 5.19. The highest BCUT2D eigenvalue weighted by molar-refractivity contribution is 5.77. The smallest absolute Gasteiger partial charge is 0.258 e. The minimum absolute atomic E-state index is 0.0864. The Labute approximate surface area is 135 Å². The molecule has 2 N–H and O–H groups in total. The molecule has 2 rings (SSSR count). The third-order valence-corrected chi connectivity index (χ3v) is 3.04. The lowest BCUT2D eigenvalue weighted by atomic mass is 10.2. The normalized spacial score (nSPS) is 11.6. The molecule has 0 radical (unpaired) electrons. The lowest BCUT2D eigenvalue weighted by Gasteiger charge is -2.10.